The lowest BCUT2D eigenvalue weighted by atomic mass is 9.99. The quantitative estimate of drug-likeness (QED) is 0.0271. The summed E-state index contributed by atoms with van der Waals surface area (Å²) in [5.74, 6) is -0.189. The smallest absolute Gasteiger partial charge is 0.220 e. The summed E-state index contributed by atoms with van der Waals surface area (Å²) >= 11 is 0. The van der Waals surface area contributed by atoms with Gasteiger partial charge in [0.2, 0.25) is 5.91 Å². The van der Waals surface area contributed by atoms with E-state index in [9.17, 15) is 30.3 Å². The second-order valence-electron chi connectivity index (χ2n) is 15.8. The first-order valence-corrected chi connectivity index (χ1v) is 22.6. The maximum absolute atomic E-state index is 12.9. The van der Waals surface area contributed by atoms with E-state index >= 15 is 0 Å². The van der Waals surface area contributed by atoms with Crippen molar-refractivity contribution in [1.82, 2.24) is 5.32 Å². The van der Waals surface area contributed by atoms with E-state index in [4.69, 9.17) is 9.47 Å². The number of nitrogens with one attached hydrogen (secondary N) is 1. The van der Waals surface area contributed by atoms with Crippen molar-refractivity contribution < 1.29 is 39.8 Å². The van der Waals surface area contributed by atoms with Crippen molar-refractivity contribution in [2.24, 2.45) is 0 Å². The third-order valence-electron chi connectivity index (χ3n) is 10.8. The van der Waals surface area contributed by atoms with Gasteiger partial charge < -0.3 is 40.3 Å². The Hall–Kier alpha value is -1.33. The third-order valence-corrected chi connectivity index (χ3v) is 10.8. The Bertz CT molecular complexity index is 899. The molecule has 1 fully saturated rings. The molecule has 0 bridgehead atoms. The van der Waals surface area contributed by atoms with E-state index in [1.807, 2.05) is 6.08 Å². The number of unbranched alkanes of at least 4 members (excludes halogenated alkanes) is 25. The van der Waals surface area contributed by atoms with Crippen LogP contribution in [0.5, 0.6) is 0 Å². The minimum absolute atomic E-state index is 0.189. The van der Waals surface area contributed by atoms with Gasteiger partial charge in [0, 0.05) is 6.42 Å². The van der Waals surface area contributed by atoms with E-state index in [2.05, 4.69) is 31.3 Å². The zero-order valence-corrected chi connectivity index (χ0v) is 34.7. The summed E-state index contributed by atoms with van der Waals surface area (Å²) in [7, 11) is 0. The molecule has 1 aliphatic heterocycles. The Labute approximate surface area is 330 Å². The van der Waals surface area contributed by atoms with Crippen LogP contribution in [0.1, 0.15) is 200 Å². The maximum Gasteiger partial charge on any atom is 0.220 e. The van der Waals surface area contributed by atoms with Gasteiger partial charge in [0.15, 0.2) is 6.29 Å². The van der Waals surface area contributed by atoms with Gasteiger partial charge in [-0.15, -0.1) is 0 Å². The van der Waals surface area contributed by atoms with Crippen molar-refractivity contribution in [1.29, 1.82) is 0 Å². The molecule has 0 radical (unpaired) electrons. The number of carbonyl (C=O) groups is 1. The summed E-state index contributed by atoms with van der Waals surface area (Å²) in [6.45, 7) is 3.74. The Morgan fingerprint density at radius 3 is 1.56 bits per heavy atom. The fourth-order valence-corrected chi connectivity index (χ4v) is 7.11. The first kappa shape index (κ1) is 50.7. The molecular weight excluding hydrogens is 682 g/mol. The molecule has 0 aromatic heterocycles. The summed E-state index contributed by atoms with van der Waals surface area (Å²) in [6, 6.07) is -0.815. The van der Waals surface area contributed by atoms with Crippen LogP contribution in [0, 0.1) is 0 Å². The Balaban J connectivity index is 2.35. The molecule has 0 spiro atoms. The van der Waals surface area contributed by atoms with Crippen LogP contribution in [0.4, 0.5) is 0 Å². The van der Waals surface area contributed by atoms with Gasteiger partial charge in [-0.3, -0.25) is 4.79 Å². The number of allylic oxidation sites excluding steroid dienone is 3. The largest absolute Gasteiger partial charge is 0.394 e. The second kappa shape index (κ2) is 36.0. The van der Waals surface area contributed by atoms with E-state index in [-0.39, 0.29) is 12.5 Å². The molecule has 1 aliphatic rings. The fraction of sp³-hybridized carbons (Fsp3) is 0.889. The Kier molecular flexibility index (Phi) is 33.8. The number of carbonyl (C=O) groups excluding carboxylic acids is 1. The van der Waals surface area contributed by atoms with E-state index in [0.717, 1.165) is 38.5 Å². The highest BCUT2D eigenvalue weighted by atomic mass is 16.7. The van der Waals surface area contributed by atoms with Crippen molar-refractivity contribution in [2.75, 3.05) is 13.2 Å². The normalized spacial score (nSPS) is 21.6. The van der Waals surface area contributed by atoms with E-state index in [1.54, 1.807) is 6.08 Å². The van der Waals surface area contributed by atoms with Crippen molar-refractivity contribution >= 4 is 5.91 Å². The molecular formula is C45H85NO8. The van der Waals surface area contributed by atoms with Crippen molar-refractivity contribution in [3.05, 3.63) is 24.3 Å². The molecule has 9 nitrogen and oxygen atoms in total. The summed E-state index contributed by atoms with van der Waals surface area (Å²) < 4.78 is 11.2. The van der Waals surface area contributed by atoms with Crippen LogP contribution in [0.15, 0.2) is 24.3 Å². The first-order chi connectivity index (χ1) is 26.3. The van der Waals surface area contributed by atoms with Crippen LogP contribution in [0.2, 0.25) is 0 Å². The fourth-order valence-electron chi connectivity index (χ4n) is 7.11. The number of hydrogen-bond acceptors (Lipinski definition) is 8. The third kappa shape index (κ3) is 26.5. The predicted molar refractivity (Wildman–Crippen MR) is 221 cm³/mol. The highest BCUT2D eigenvalue weighted by Crippen LogP contribution is 2.22. The summed E-state index contributed by atoms with van der Waals surface area (Å²) in [5, 5.41) is 54.0. The van der Waals surface area contributed by atoms with Crippen LogP contribution in [-0.4, -0.2) is 87.5 Å². The van der Waals surface area contributed by atoms with E-state index in [1.165, 1.54) is 141 Å². The van der Waals surface area contributed by atoms with Gasteiger partial charge >= 0.3 is 0 Å². The maximum atomic E-state index is 12.9. The zero-order valence-electron chi connectivity index (χ0n) is 34.7. The average Bonchev–Trinajstić information content (AvgIpc) is 3.17. The van der Waals surface area contributed by atoms with Gasteiger partial charge in [-0.1, -0.05) is 186 Å². The van der Waals surface area contributed by atoms with Gasteiger partial charge in [0.1, 0.15) is 24.4 Å². The monoisotopic (exact) mass is 768 g/mol. The minimum Gasteiger partial charge on any atom is -0.394 e. The zero-order chi connectivity index (χ0) is 39.5. The molecule has 0 aliphatic carbocycles. The molecule has 6 N–H and O–H groups in total. The highest BCUT2D eigenvalue weighted by molar-refractivity contribution is 5.76. The number of ether oxygens (including phenoxy) is 2. The van der Waals surface area contributed by atoms with Crippen molar-refractivity contribution in [3.8, 4) is 0 Å². The van der Waals surface area contributed by atoms with Crippen LogP contribution in [0.25, 0.3) is 0 Å². The number of hydrogen-bond donors (Lipinski definition) is 6. The minimum atomic E-state index is -1.57. The molecule has 1 amide bonds. The topological polar surface area (TPSA) is 149 Å². The number of rotatable bonds is 37. The molecule has 318 valence electrons. The standard InChI is InChI=1S/C45H85NO8/c1-3-5-7-9-11-13-15-16-17-18-19-20-21-22-23-24-25-26-28-30-32-34-39(48)38(37-53-45-44(52)43(51)42(50)40(36-47)54-45)46-41(49)35-33-31-29-27-14-12-10-8-6-4-2/h25-26,32,34,38-40,42-45,47-48,50-52H,3-24,27-31,33,35-37H2,1-2H3,(H,46,49)/b26-25+,34-32+. The second-order valence-corrected chi connectivity index (χ2v) is 15.8. The SMILES string of the molecule is CCCCCCCCCCCCCCCCC/C=C/CC/C=C/C(O)C(COC1OC(CO)C(O)C(O)C1O)NC(=O)CCCCCCCCCCCC. The van der Waals surface area contributed by atoms with Crippen LogP contribution in [-0.2, 0) is 14.3 Å². The van der Waals surface area contributed by atoms with Gasteiger partial charge in [-0.2, -0.15) is 0 Å². The molecule has 54 heavy (non-hydrogen) atoms. The molecule has 0 aromatic carbocycles. The molecule has 7 atom stereocenters. The lowest BCUT2D eigenvalue weighted by molar-refractivity contribution is -0.302. The highest BCUT2D eigenvalue weighted by Gasteiger charge is 2.44. The summed E-state index contributed by atoms with van der Waals surface area (Å²) in [5.41, 5.74) is 0. The molecule has 1 heterocycles. The molecule has 0 aromatic rings. The molecule has 1 saturated heterocycles. The molecule has 7 unspecified atom stereocenters. The Morgan fingerprint density at radius 2 is 1.06 bits per heavy atom. The number of amides is 1. The van der Waals surface area contributed by atoms with Crippen molar-refractivity contribution in [3.63, 3.8) is 0 Å². The van der Waals surface area contributed by atoms with E-state index < -0.39 is 49.5 Å². The summed E-state index contributed by atoms with van der Waals surface area (Å²) in [4.78, 5) is 12.9. The van der Waals surface area contributed by atoms with E-state index in [0.29, 0.717) is 6.42 Å². The van der Waals surface area contributed by atoms with Crippen molar-refractivity contribution in [2.45, 2.75) is 243 Å². The first-order valence-electron chi connectivity index (χ1n) is 22.6. The molecule has 1 rings (SSSR count). The molecule has 9 heteroatoms. The van der Waals surface area contributed by atoms with Gasteiger partial charge in [0.25, 0.3) is 0 Å². The van der Waals surface area contributed by atoms with Crippen LogP contribution < -0.4 is 5.32 Å². The summed E-state index contributed by atoms with van der Waals surface area (Å²) in [6.07, 6.45) is 35.2. The van der Waals surface area contributed by atoms with Gasteiger partial charge in [0.05, 0.1) is 25.4 Å². The van der Waals surface area contributed by atoms with Gasteiger partial charge in [-0.25, -0.2) is 0 Å². The number of aliphatic hydroxyl groups excluding tert-OH is 5. The lowest BCUT2D eigenvalue weighted by Gasteiger charge is -2.40. The Morgan fingerprint density at radius 1 is 0.611 bits per heavy atom. The molecule has 0 saturated carbocycles. The van der Waals surface area contributed by atoms with Crippen LogP contribution in [0.3, 0.4) is 0 Å². The lowest BCUT2D eigenvalue weighted by Crippen LogP contribution is -2.60. The number of aliphatic hydroxyl groups is 5. The van der Waals surface area contributed by atoms with Crippen LogP contribution >= 0.6 is 0 Å². The van der Waals surface area contributed by atoms with Gasteiger partial charge in [-0.05, 0) is 32.1 Å². The predicted octanol–water partition coefficient (Wildman–Crippen LogP) is 9.11. The average molecular weight is 768 g/mol.